The number of aryl methyl sites for hydroxylation is 1. The van der Waals surface area contributed by atoms with Crippen LogP contribution in [0.2, 0.25) is 0 Å². The van der Waals surface area contributed by atoms with Crippen LogP contribution in [0, 0.1) is 5.82 Å². The topological polar surface area (TPSA) is 97.6 Å². The van der Waals surface area contributed by atoms with Crippen molar-refractivity contribution >= 4 is 34.3 Å². The number of imidazole rings is 1. The average molecular weight is 506 g/mol. The van der Waals surface area contributed by atoms with Gasteiger partial charge in [0.05, 0.1) is 49.2 Å². The lowest BCUT2D eigenvalue weighted by atomic mass is 10.1. The van der Waals surface area contributed by atoms with Crippen LogP contribution in [0.5, 0.6) is 11.5 Å². The van der Waals surface area contributed by atoms with Gasteiger partial charge in [-0.25, -0.2) is 19.3 Å². The van der Waals surface area contributed by atoms with E-state index in [0.29, 0.717) is 48.9 Å². The first kappa shape index (κ1) is 24.3. The van der Waals surface area contributed by atoms with Crippen LogP contribution in [0.25, 0.3) is 22.3 Å². The minimum atomic E-state index is -0.537. The largest absolute Gasteiger partial charge is 0.494 e. The quantitative estimate of drug-likeness (QED) is 0.425. The first-order valence-electron chi connectivity index (χ1n) is 11.9. The van der Waals surface area contributed by atoms with Crippen molar-refractivity contribution in [2.24, 2.45) is 7.05 Å². The molecule has 10 nitrogen and oxygen atoms in total. The molecule has 37 heavy (non-hydrogen) atoms. The molecule has 0 saturated carbocycles. The van der Waals surface area contributed by atoms with Crippen molar-refractivity contribution in [3.05, 3.63) is 48.7 Å². The Hall–Kier alpha value is -4.41. The van der Waals surface area contributed by atoms with Crippen molar-refractivity contribution in [1.82, 2.24) is 24.4 Å². The van der Waals surface area contributed by atoms with E-state index in [2.05, 4.69) is 25.2 Å². The predicted molar refractivity (Wildman–Crippen MR) is 139 cm³/mol. The maximum Gasteiger partial charge on any atom is 0.228 e. The molecule has 1 saturated heterocycles. The summed E-state index contributed by atoms with van der Waals surface area (Å²) in [7, 11) is 5.08. The van der Waals surface area contributed by atoms with Gasteiger partial charge in [-0.15, -0.1) is 0 Å². The second-order valence-electron chi connectivity index (χ2n) is 8.79. The summed E-state index contributed by atoms with van der Waals surface area (Å²) >= 11 is 0. The molecule has 0 unspecified atom stereocenters. The van der Waals surface area contributed by atoms with Gasteiger partial charge in [0, 0.05) is 57.8 Å². The highest BCUT2D eigenvalue weighted by Crippen LogP contribution is 2.40. The summed E-state index contributed by atoms with van der Waals surface area (Å²) in [5.74, 6) is 0.921. The van der Waals surface area contributed by atoms with Gasteiger partial charge in [-0.1, -0.05) is 6.07 Å². The molecule has 3 heterocycles. The second-order valence-corrected chi connectivity index (χ2v) is 8.79. The third kappa shape index (κ3) is 4.72. The Kier molecular flexibility index (Phi) is 6.51. The van der Waals surface area contributed by atoms with Crippen LogP contribution in [0.4, 0.5) is 21.7 Å². The summed E-state index contributed by atoms with van der Waals surface area (Å²) in [4.78, 5) is 28.6. The molecule has 0 radical (unpaired) electrons. The predicted octanol–water partition coefficient (Wildman–Crippen LogP) is 3.60. The Balaban J connectivity index is 1.44. The minimum absolute atomic E-state index is 0.0716. The molecule has 0 bridgehead atoms. The zero-order chi connectivity index (χ0) is 26.1. The zero-order valence-electron chi connectivity index (χ0n) is 21.2. The Labute approximate surface area is 213 Å². The van der Waals surface area contributed by atoms with Gasteiger partial charge in [0.2, 0.25) is 11.9 Å². The van der Waals surface area contributed by atoms with Crippen molar-refractivity contribution in [3.8, 4) is 22.8 Å². The molecule has 1 N–H and O–H groups in total. The summed E-state index contributed by atoms with van der Waals surface area (Å²) in [6, 6.07) is 9.18. The monoisotopic (exact) mass is 505 g/mol. The fraction of sp³-hybridized carbons (Fsp3) is 0.308. The number of halogens is 1. The van der Waals surface area contributed by atoms with Gasteiger partial charge in [-0.05, 0) is 12.1 Å². The number of fused-ring (bicyclic) bond motifs is 1. The molecule has 2 aromatic heterocycles. The number of anilines is 3. The Morgan fingerprint density at radius 2 is 1.78 bits per heavy atom. The minimum Gasteiger partial charge on any atom is -0.494 e. The number of piperazine rings is 1. The molecule has 0 atom stereocenters. The third-order valence-electron chi connectivity index (χ3n) is 6.56. The highest BCUT2D eigenvalue weighted by Gasteiger charge is 2.23. The van der Waals surface area contributed by atoms with E-state index in [4.69, 9.17) is 9.47 Å². The maximum absolute atomic E-state index is 14.7. The number of carbonyl (C=O) groups is 1. The third-order valence-corrected chi connectivity index (χ3v) is 6.56. The van der Waals surface area contributed by atoms with Gasteiger partial charge >= 0.3 is 0 Å². The van der Waals surface area contributed by atoms with E-state index >= 15 is 0 Å². The molecular formula is C26H28FN7O3. The van der Waals surface area contributed by atoms with Crippen LogP contribution >= 0.6 is 0 Å². The Bertz CT molecular complexity index is 1460. The van der Waals surface area contributed by atoms with Crippen molar-refractivity contribution in [3.63, 3.8) is 0 Å². The Morgan fingerprint density at radius 1 is 1.03 bits per heavy atom. The molecule has 11 heteroatoms. The van der Waals surface area contributed by atoms with Gasteiger partial charge in [-0.3, -0.25) is 4.79 Å². The standard InChI is InChI=1S/C26H28FN7O3/c1-16(35)33-7-9-34(10-8-33)22-13-23(36-3)20(12-24(22)37-4)30-26-28-14-18(27)25(31-26)17-5-6-21-19(11-17)29-15-32(21)2/h5-6,11-15H,7-10H2,1-4H3,(H,28,30,31). The van der Waals surface area contributed by atoms with Crippen molar-refractivity contribution in [2.75, 3.05) is 50.6 Å². The summed E-state index contributed by atoms with van der Waals surface area (Å²) < 4.78 is 28.0. The molecule has 0 aliphatic carbocycles. The molecule has 192 valence electrons. The van der Waals surface area contributed by atoms with E-state index in [9.17, 15) is 9.18 Å². The van der Waals surface area contributed by atoms with Crippen molar-refractivity contribution in [1.29, 1.82) is 0 Å². The van der Waals surface area contributed by atoms with E-state index in [-0.39, 0.29) is 17.5 Å². The normalized spacial score (nSPS) is 13.6. The molecular weight excluding hydrogens is 477 g/mol. The number of ether oxygens (including phenoxy) is 2. The van der Waals surface area contributed by atoms with Gasteiger partial charge in [0.25, 0.3) is 0 Å². The second kappa shape index (κ2) is 9.92. The first-order valence-corrected chi connectivity index (χ1v) is 11.9. The molecule has 1 aliphatic rings. The molecule has 1 aliphatic heterocycles. The van der Waals surface area contributed by atoms with Gasteiger partial charge in [-0.2, -0.15) is 0 Å². The van der Waals surface area contributed by atoms with Crippen LogP contribution in [-0.4, -0.2) is 70.7 Å². The lowest BCUT2D eigenvalue weighted by molar-refractivity contribution is -0.129. The van der Waals surface area contributed by atoms with Gasteiger partial charge < -0.3 is 29.2 Å². The SMILES string of the molecule is COc1cc(N2CCN(C(C)=O)CC2)c(OC)cc1Nc1ncc(F)c(-c2ccc3c(c2)ncn3C)n1. The number of nitrogens with one attached hydrogen (secondary N) is 1. The maximum atomic E-state index is 14.7. The van der Waals surface area contributed by atoms with Crippen LogP contribution in [0.3, 0.4) is 0 Å². The van der Waals surface area contributed by atoms with E-state index in [1.54, 1.807) is 39.6 Å². The number of amides is 1. The van der Waals surface area contributed by atoms with E-state index in [0.717, 1.165) is 22.9 Å². The summed E-state index contributed by atoms with van der Waals surface area (Å²) in [6.07, 6.45) is 2.85. The average Bonchev–Trinajstić information content (AvgIpc) is 3.29. The lowest BCUT2D eigenvalue weighted by Crippen LogP contribution is -2.48. The van der Waals surface area contributed by atoms with Gasteiger partial charge in [0.15, 0.2) is 5.82 Å². The fourth-order valence-electron chi connectivity index (χ4n) is 4.52. The summed E-state index contributed by atoms with van der Waals surface area (Å²) in [5.41, 5.74) is 3.88. The molecule has 1 fully saturated rings. The molecule has 4 aromatic rings. The van der Waals surface area contributed by atoms with E-state index in [1.807, 2.05) is 34.7 Å². The number of nitrogens with zero attached hydrogens (tertiary/aromatic N) is 6. The highest BCUT2D eigenvalue weighted by atomic mass is 19.1. The van der Waals surface area contributed by atoms with E-state index < -0.39 is 5.82 Å². The summed E-state index contributed by atoms with van der Waals surface area (Å²) in [6.45, 7) is 4.21. The van der Waals surface area contributed by atoms with Crippen molar-refractivity contribution in [2.45, 2.75) is 6.92 Å². The number of methoxy groups -OCH3 is 2. The number of hydrogen-bond donors (Lipinski definition) is 1. The molecule has 5 rings (SSSR count). The fourth-order valence-corrected chi connectivity index (χ4v) is 4.52. The van der Waals surface area contributed by atoms with E-state index in [1.165, 1.54) is 0 Å². The zero-order valence-corrected chi connectivity index (χ0v) is 21.2. The van der Waals surface area contributed by atoms with Crippen LogP contribution < -0.4 is 19.7 Å². The van der Waals surface area contributed by atoms with Crippen molar-refractivity contribution < 1.29 is 18.7 Å². The highest BCUT2D eigenvalue weighted by molar-refractivity contribution is 5.82. The number of benzene rings is 2. The van der Waals surface area contributed by atoms with Gasteiger partial charge in [0.1, 0.15) is 17.2 Å². The molecule has 0 spiro atoms. The molecule has 1 amide bonds. The number of hydrogen-bond acceptors (Lipinski definition) is 8. The first-order chi connectivity index (χ1) is 17.9. The number of rotatable bonds is 6. The number of aromatic nitrogens is 4. The number of carbonyl (C=O) groups excluding carboxylic acids is 1. The smallest absolute Gasteiger partial charge is 0.228 e. The molecule has 2 aromatic carbocycles. The van der Waals surface area contributed by atoms with Crippen LogP contribution in [0.1, 0.15) is 6.92 Å². The lowest BCUT2D eigenvalue weighted by Gasteiger charge is -2.36. The Morgan fingerprint density at radius 3 is 2.49 bits per heavy atom. The van der Waals surface area contributed by atoms with Crippen LogP contribution in [-0.2, 0) is 11.8 Å². The summed E-state index contributed by atoms with van der Waals surface area (Å²) in [5, 5.41) is 3.14. The van der Waals surface area contributed by atoms with Crippen LogP contribution in [0.15, 0.2) is 42.9 Å².